The number of carboxylic acids is 1. The number of carbonyl (C=O) groups is 2. The number of aromatic hydroxyl groups is 1. The number of aryl methyl sites for hydroxylation is 1. The zero-order valence-electron chi connectivity index (χ0n) is 21.3. The van der Waals surface area contributed by atoms with Crippen LogP contribution >= 0.6 is 15.9 Å². The molecule has 0 aliphatic carbocycles. The van der Waals surface area contributed by atoms with Crippen molar-refractivity contribution in [3.8, 4) is 5.88 Å². The van der Waals surface area contributed by atoms with Crippen molar-refractivity contribution in [2.45, 2.75) is 32.2 Å². The Kier molecular flexibility index (Phi) is 7.71. The molecule has 9 heteroatoms. The summed E-state index contributed by atoms with van der Waals surface area (Å²) in [6.45, 7) is 3.33. The number of aliphatic imine (C=N–C) groups is 1. The normalized spacial score (nSPS) is 12.1. The van der Waals surface area contributed by atoms with Gasteiger partial charge in [-0.2, -0.15) is 0 Å². The minimum absolute atomic E-state index is 0.0149. The predicted molar refractivity (Wildman–Crippen MR) is 153 cm³/mol. The number of anilines is 1. The number of amides is 1. The second kappa shape index (κ2) is 10.8. The molecule has 1 aromatic heterocycles. The van der Waals surface area contributed by atoms with Crippen molar-refractivity contribution in [2.24, 2.45) is 10.7 Å². The number of carbonyl (C=O) groups excluding carboxylic acids is 1. The fourth-order valence-corrected chi connectivity index (χ4v) is 4.53. The predicted octanol–water partition coefficient (Wildman–Crippen LogP) is 5.52. The van der Waals surface area contributed by atoms with Crippen molar-refractivity contribution in [1.82, 2.24) is 4.98 Å². The first-order valence-corrected chi connectivity index (χ1v) is 12.8. The van der Waals surface area contributed by atoms with E-state index in [-0.39, 0.29) is 18.2 Å². The molecular formula is C29H29BrN4O4. The summed E-state index contributed by atoms with van der Waals surface area (Å²) in [6, 6.07) is 20.3. The average molecular weight is 577 g/mol. The summed E-state index contributed by atoms with van der Waals surface area (Å²) in [7, 11) is 1.68. The van der Waals surface area contributed by atoms with Crippen molar-refractivity contribution < 1.29 is 19.8 Å². The quantitative estimate of drug-likeness (QED) is 0.205. The largest absolute Gasteiger partial charge is 0.494 e. The number of nitrogens with zero attached hydrogens (tertiary/aromatic N) is 2. The molecule has 8 nitrogen and oxygen atoms in total. The Labute approximate surface area is 228 Å². The van der Waals surface area contributed by atoms with Gasteiger partial charge in [0.2, 0.25) is 5.91 Å². The van der Waals surface area contributed by atoms with Crippen molar-refractivity contribution >= 4 is 55.8 Å². The number of hydrogen-bond donors (Lipinski definition) is 4. The second-order valence-electron chi connectivity index (χ2n) is 9.69. The molecule has 0 saturated carbocycles. The van der Waals surface area contributed by atoms with Gasteiger partial charge in [-0.25, -0.2) is 4.99 Å². The molecule has 0 atom stereocenters. The second-order valence-corrected chi connectivity index (χ2v) is 10.6. The number of nitrogens with one attached hydrogen (secondary N) is 1. The number of hydrogen-bond acceptors (Lipinski definition) is 5. The van der Waals surface area contributed by atoms with Crippen LogP contribution in [0, 0.1) is 0 Å². The molecule has 196 valence electrons. The molecule has 4 rings (SSSR count). The van der Waals surface area contributed by atoms with Crippen LogP contribution in [0.3, 0.4) is 0 Å². The van der Waals surface area contributed by atoms with Gasteiger partial charge in [0, 0.05) is 34.6 Å². The minimum Gasteiger partial charge on any atom is -0.494 e. The number of aromatic amines is 1. The van der Waals surface area contributed by atoms with Crippen LogP contribution in [-0.4, -0.2) is 45.4 Å². The number of halogens is 1. The maximum Gasteiger partial charge on any atom is 0.303 e. The molecule has 0 fully saturated rings. The number of benzene rings is 3. The fourth-order valence-electron chi connectivity index (χ4n) is 4.17. The maximum absolute atomic E-state index is 12.6. The maximum atomic E-state index is 12.6. The summed E-state index contributed by atoms with van der Waals surface area (Å²) < 4.78 is 0.869. The number of likely N-dealkylation sites (N-methyl/N-ethyl adjacent to an activating group) is 1. The highest BCUT2D eigenvalue weighted by molar-refractivity contribution is 9.10. The first kappa shape index (κ1) is 27.1. The van der Waals surface area contributed by atoms with E-state index >= 15 is 0 Å². The SMILES string of the molecule is CN(C(=O)C(C)(C)N)c1ccc(N=C(c2ccc(CCC(=O)O)cc2)c2c(O)[nH]c3cc(Br)ccc23)cc1. The smallest absolute Gasteiger partial charge is 0.303 e. The molecule has 0 bridgehead atoms. The van der Waals surface area contributed by atoms with Crippen LogP contribution in [0.2, 0.25) is 0 Å². The molecule has 38 heavy (non-hydrogen) atoms. The van der Waals surface area contributed by atoms with Gasteiger partial charge >= 0.3 is 5.97 Å². The zero-order chi connectivity index (χ0) is 27.6. The minimum atomic E-state index is -1.00. The van der Waals surface area contributed by atoms with Gasteiger partial charge in [0.05, 0.1) is 28.0 Å². The molecule has 3 aromatic carbocycles. The Bertz CT molecular complexity index is 1520. The number of aromatic nitrogens is 1. The van der Waals surface area contributed by atoms with Crippen LogP contribution in [0.4, 0.5) is 11.4 Å². The van der Waals surface area contributed by atoms with Crippen LogP contribution in [-0.2, 0) is 16.0 Å². The van der Waals surface area contributed by atoms with Crippen molar-refractivity contribution in [1.29, 1.82) is 0 Å². The fraction of sp³-hybridized carbons (Fsp3) is 0.207. The molecule has 0 unspecified atom stereocenters. The van der Waals surface area contributed by atoms with E-state index < -0.39 is 11.5 Å². The van der Waals surface area contributed by atoms with E-state index in [2.05, 4.69) is 20.9 Å². The average Bonchev–Trinajstić information content (AvgIpc) is 3.19. The molecule has 0 aliphatic heterocycles. The lowest BCUT2D eigenvalue weighted by atomic mass is 9.98. The van der Waals surface area contributed by atoms with E-state index in [0.717, 1.165) is 26.5 Å². The monoisotopic (exact) mass is 576 g/mol. The number of rotatable bonds is 8. The van der Waals surface area contributed by atoms with Crippen LogP contribution in [0.5, 0.6) is 5.88 Å². The highest BCUT2D eigenvalue weighted by Crippen LogP contribution is 2.33. The zero-order valence-corrected chi connectivity index (χ0v) is 22.9. The molecule has 1 heterocycles. The number of aliphatic carboxylic acids is 1. The molecular weight excluding hydrogens is 548 g/mol. The number of H-pyrrole nitrogens is 1. The number of carboxylic acid groups (broad SMARTS) is 1. The molecule has 5 N–H and O–H groups in total. The lowest BCUT2D eigenvalue weighted by Gasteiger charge is -2.25. The van der Waals surface area contributed by atoms with E-state index in [1.54, 1.807) is 45.2 Å². The third kappa shape index (κ3) is 5.95. The highest BCUT2D eigenvalue weighted by Gasteiger charge is 2.26. The van der Waals surface area contributed by atoms with E-state index in [1.165, 1.54) is 4.90 Å². The van der Waals surface area contributed by atoms with Gasteiger partial charge in [-0.1, -0.05) is 46.3 Å². The van der Waals surface area contributed by atoms with E-state index in [1.807, 2.05) is 42.5 Å². The lowest BCUT2D eigenvalue weighted by molar-refractivity contribution is -0.137. The van der Waals surface area contributed by atoms with Gasteiger partial charge in [-0.15, -0.1) is 0 Å². The van der Waals surface area contributed by atoms with Crippen LogP contribution in [0.1, 0.15) is 37.0 Å². The Morgan fingerprint density at radius 1 is 1.05 bits per heavy atom. The molecule has 1 amide bonds. The Hall–Kier alpha value is -3.95. The Morgan fingerprint density at radius 3 is 2.32 bits per heavy atom. The molecule has 0 saturated heterocycles. The molecule has 4 aromatic rings. The Balaban J connectivity index is 1.78. The third-order valence-corrected chi connectivity index (χ3v) is 6.66. The Morgan fingerprint density at radius 2 is 1.71 bits per heavy atom. The summed E-state index contributed by atoms with van der Waals surface area (Å²) in [4.78, 5) is 33.0. The van der Waals surface area contributed by atoms with E-state index in [0.29, 0.717) is 29.1 Å². The van der Waals surface area contributed by atoms with Gasteiger partial charge in [-0.3, -0.25) is 9.59 Å². The van der Waals surface area contributed by atoms with E-state index in [9.17, 15) is 14.7 Å². The summed E-state index contributed by atoms with van der Waals surface area (Å²) in [5.74, 6) is -1.08. The van der Waals surface area contributed by atoms with Crippen LogP contribution in [0.15, 0.2) is 76.2 Å². The van der Waals surface area contributed by atoms with Crippen molar-refractivity contribution in [3.05, 3.63) is 87.9 Å². The van der Waals surface area contributed by atoms with Gasteiger partial charge in [-0.05, 0) is 62.2 Å². The first-order chi connectivity index (χ1) is 17.9. The van der Waals surface area contributed by atoms with Gasteiger partial charge in [0.25, 0.3) is 0 Å². The summed E-state index contributed by atoms with van der Waals surface area (Å²) >= 11 is 3.47. The molecule has 0 aliphatic rings. The topological polar surface area (TPSA) is 132 Å². The summed E-state index contributed by atoms with van der Waals surface area (Å²) in [5.41, 5.74) is 9.75. The van der Waals surface area contributed by atoms with E-state index in [4.69, 9.17) is 15.8 Å². The first-order valence-electron chi connectivity index (χ1n) is 12.0. The van der Waals surface area contributed by atoms with Crippen molar-refractivity contribution in [2.75, 3.05) is 11.9 Å². The molecule has 0 radical (unpaired) electrons. The summed E-state index contributed by atoms with van der Waals surface area (Å²) in [6.07, 6.45) is 0.463. The highest BCUT2D eigenvalue weighted by atomic mass is 79.9. The van der Waals surface area contributed by atoms with Crippen LogP contribution in [0.25, 0.3) is 10.9 Å². The van der Waals surface area contributed by atoms with Gasteiger partial charge in [0.1, 0.15) is 0 Å². The third-order valence-electron chi connectivity index (χ3n) is 6.17. The summed E-state index contributed by atoms with van der Waals surface area (Å²) in [5, 5.41) is 20.7. The standard InChI is InChI=1S/C29H29BrN4O4/c1-29(2,31)28(38)34(3)21-12-10-20(11-13-21)32-26(18-7-4-17(5-8-18)6-15-24(35)36)25-22-14-9-19(30)16-23(22)33-27(25)37/h4-5,7-14,16,33,37H,6,15,31H2,1-3H3,(H,35,36). The van der Waals surface area contributed by atoms with Crippen LogP contribution < -0.4 is 10.6 Å². The lowest BCUT2D eigenvalue weighted by Crippen LogP contribution is -2.49. The van der Waals surface area contributed by atoms with Gasteiger partial charge < -0.3 is 25.8 Å². The number of fused-ring (bicyclic) bond motifs is 1. The van der Waals surface area contributed by atoms with Crippen molar-refractivity contribution in [3.63, 3.8) is 0 Å². The molecule has 0 spiro atoms. The number of nitrogens with two attached hydrogens (primary N) is 1. The van der Waals surface area contributed by atoms with Gasteiger partial charge in [0.15, 0.2) is 5.88 Å².